The zero-order valence-corrected chi connectivity index (χ0v) is 21.2. The summed E-state index contributed by atoms with van der Waals surface area (Å²) in [6, 6.07) is 12.0. The van der Waals surface area contributed by atoms with Crippen molar-refractivity contribution in [3.8, 4) is 22.5 Å². The van der Waals surface area contributed by atoms with Crippen molar-refractivity contribution in [3.05, 3.63) is 70.2 Å². The molecular formula is C27H35N7O. The summed E-state index contributed by atoms with van der Waals surface area (Å²) >= 11 is 0. The van der Waals surface area contributed by atoms with Gasteiger partial charge in [-0.1, -0.05) is 63.9 Å². The van der Waals surface area contributed by atoms with Crippen molar-refractivity contribution in [2.45, 2.75) is 72.9 Å². The third kappa shape index (κ3) is 5.58. The molecule has 3 aromatic heterocycles. The summed E-state index contributed by atoms with van der Waals surface area (Å²) in [6.07, 6.45) is 7.18. The number of hydrogen-bond acceptors (Lipinski definition) is 5. The fraction of sp³-hybridized carbons (Fsp3) is 0.444. The van der Waals surface area contributed by atoms with Crippen molar-refractivity contribution in [1.29, 1.82) is 0 Å². The smallest absolute Gasteiger partial charge is 0.296 e. The number of aromatic nitrogens is 7. The molecule has 4 rings (SSSR count). The van der Waals surface area contributed by atoms with Crippen molar-refractivity contribution in [2.75, 3.05) is 0 Å². The summed E-state index contributed by atoms with van der Waals surface area (Å²) in [5, 5.41) is 14.4. The molecule has 0 saturated heterocycles. The minimum Gasteiger partial charge on any atom is -0.296 e. The molecule has 0 aliphatic rings. The molecule has 0 bridgehead atoms. The zero-order chi connectivity index (χ0) is 24.8. The van der Waals surface area contributed by atoms with Crippen molar-refractivity contribution in [2.24, 2.45) is 5.92 Å². The van der Waals surface area contributed by atoms with E-state index in [1.54, 1.807) is 0 Å². The van der Waals surface area contributed by atoms with Gasteiger partial charge in [0.2, 0.25) is 5.82 Å². The maximum absolute atomic E-state index is 13.4. The largest absolute Gasteiger partial charge is 0.328 e. The number of H-pyrrole nitrogens is 1. The van der Waals surface area contributed by atoms with Crippen LogP contribution in [0.2, 0.25) is 0 Å². The zero-order valence-electron chi connectivity index (χ0n) is 21.2. The quantitative estimate of drug-likeness (QED) is 0.308. The summed E-state index contributed by atoms with van der Waals surface area (Å²) < 4.78 is 3.89. The van der Waals surface area contributed by atoms with Crippen LogP contribution in [0.5, 0.6) is 0 Å². The van der Waals surface area contributed by atoms with E-state index in [0.717, 1.165) is 72.4 Å². The Balaban J connectivity index is 1.62. The molecule has 0 radical (unpaired) electrons. The van der Waals surface area contributed by atoms with Crippen LogP contribution in [0.25, 0.3) is 22.5 Å². The van der Waals surface area contributed by atoms with E-state index in [1.165, 1.54) is 0 Å². The first-order valence-corrected chi connectivity index (χ1v) is 12.6. The monoisotopic (exact) mass is 473 g/mol. The number of benzene rings is 1. The number of nitrogens with zero attached hydrogens (tertiary/aromatic N) is 6. The summed E-state index contributed by atoms with van der Waals surface area (Å²) in [4.78, 5) is 18.1. The Hall–Kier alpha value is -3.55. The van der Waals surface area contributed by atoms with Crippen molar-refractivity contribution in [1.82, 2.24) is 34.7 Å². The molecule has 1 aromatic carbocycles. The number of hydrogen-bond donors (Lipinski definition) is 1. The second kappa shape index (κ2) is 11.3. The second-order valence-corrected chi connectivity index (χ2v) is 9.51. The van der Waals surface area contributed by atoms with Crippen LogP contribution in [0.3, 0.4) is 0 Å². The molecule has 8 nitrogen and oxygen atoms in total. The first kappa shape index (κ1) is 24.6. The van der Waals surface area contributed by atoms with Gasteiger partial charge >= 0.3 is 5.69 Å². The molecule has 35 heavy (non-hydrogen) atoms. The molecule has 0 spiro atoms. The molecule has 0 aliphatic heterocycles. The summed E-state index contributed by atoms with van der Waals surface area (Å²) in [6.45, 7) is 9.92. The second-order valence-electron chi connectivity index (χ2n) is 9.51. The molecule has 0 fully saturated rings. The average molecular weight is 474 g/mol. The third-order valence-corrected chi connectivity index (χ3v) is 6.53. The van der Waals surface area contributed by atoms with E-state index in [-0.39, 0.29) is 5.69 Å². The van der Waals surface area contributed by atoms with Gasteiger partial charge in [-0.2, -0.15) is 5.21 Å². The fourth-order valence-corrected chi connectivity index (χ4v) is 4.47. The number of imidazole rings is 1. The fourth-order valence-electron chi connectivity index (χ4n) is 4.47. The van der Waals surface area contributed by atoms with Crippen molar-refractivity contribution in [3.63, 3.8) is 0 Å². The number of aromatic amines is 1. The van der Waals surface area contributed by atoms with Gasteiger partial charge in [-0.25, -0.2) is 4.79 Å². The Bertz CT molecular complexity index is 1280. The Kier molecular flexibility index (Phi) is 7.90. The summed E-state index contributed by atoms with van der Waals surface area (Å²) in [7, 11) is 0. The molecule has 0 atom stereocenters. The Morgan fingerprint density at radius 3 is 2.49 bits per heavy atom. The van der Waals surface area contributed by atoms with Crippen LogP contribution in [0, 0.1) is 12.8 Å². The molecule has 0 unspecified atom stereocenters. The van der Waals surface area contributed by atoms with E-state index < -0.39 is 0 Å². The van der Waals surface area contributed by atoms with E-state index in [0.29, 0.717) is 18.3 Å². The third-order valence-electron chi connectivity index (χ3n) is 6.53. The Morgan fingerprint density at radius 2 is 1.83 bits per heavy atom. The number of pyridine rings is 1. The minimum absolute atomic E-state index is 0.0722. The highest BCUT2D eigenvalue weighted by atomic mass is 16.1. The summed E-state index contributed by atoms with van der Waals surface area (Å²) in [5.41, 5.74) is 6.02. The molecule has 0 aliphatic carbocycles. The molecule has 0 amide bonds. The van der Waals surface area contributed by atoms with Gasteiger partial charge in [-0.05, 0) is 48.9 Å². The lowest BCUT2D eigenvalue weighted by Crippen LogP contribution is -2.26. The lowest BCUT2D eigenvalue weighted by molar-refractivity contribution is 0.497. The average Bonchev–Trinajstić information content (AvgIpc) is 3.47. The molecule has 1 N–H and O–H groups in total. The van der Waals surface area contributed by atoms with Crippen LogP contribution >= 0.6 is 0 Å². The first-order valence-electron chi connectivity index (χ1n) is 12.6. The molecular weight excluding hydrogens is 438 g/mol. The van der Waals surface area contributed by atoms with Crippen molar-refractivity contribution >= 4 is 0 Å². The van der Waals surface area contributed by atoms with Gasteiger partial charge in [0.15, 0.2) is 0 Å². The van der Waals surface area contributed by atoms with E-state index in [4.69, 9.17) is 4.98 Å². The Morgan fingerprint density at radius 1 is 1.03 bits per heavy atom. The molecule has 8 heteroatoms. The van der Waals surface area contributed by atoms with Gasteiger partial charge in [0.05, 0.1) is 12.2 Å². The number of tetrazole rings is 1. The van der Waals surface area contributed by atoms with E-state index in [9.17, 15) is 4.79 Å². The van der Waals surface area contributed by atoms with Crippen LogP contribution in [-0.2, 0) is 19.5 Å². The molecule has 0 saturated carbocycles. The van der Waals surface area contributed by atoms with Gasteiger partial charge in [-0.15, -0.1) is 10.2 Å². The number of nitrogens with one attached hydrogen (secondary N) is 1. The van der Waals surface area contributed by atoms with E-state index in [1.807, 2.05) is 51.7 Å². The van der Waals surface area contributed by atoms with Gasteiger partial charge in [0, 0.05) is 35.3 Å². The number of unbranched alkanes of at least 4 members (excludes halogenated alkanes) is 2. The highest BCUT2D eigenvalue weighted by Crippen LogP contribution is 2.29. The van der Waals surface area contributed by atoms with Crippen LogP contribution < -0.4 is 5.69 Å². The SMILES string of the molecule is CCCCCc1c(C)n(CCC(C)C)c(=O)n1Cc1ccc(-c2ccccc2-c2nn[nH]n2)cn1. The first-order chi connectivity index (χ1) is 17.0. The predicted octanol–water partition coefficient (Wildman–Crippen LogP) is 5.03. The van der Waals surface area contributed by atoms with Crippen molar-refractivity contribution < 1.29 is 0 Å². The standard InChI is InChI=1S/C27H35N7O/c1-5-6-7-12-25-20(4)33(16-15-19(2)3)27(35)34(25)18-22-14-13-21(17-28-22)23-10-8-9-11-24(23)26-29-31-32-30-26/h8-11,13-14,17,19H,5-7,12,15-16,18H2,1-4H3,(H,29,30,31,32). The normalized spacial score (nSPS) is 11.5. The van der Waals surface area contributed by atoms with Crippen LogP contribution in [-0.4, -0.2) is 34.7 Å². The van der Waals surface area contributed by atoms with Gasteiger partial charge in [0.25, 0.3) is 0 Å². The lowest BCUT2D eigenvalue weighted by atomic mass is 10.0. The summed E-state index contributed by atoms with van der Waals surface area (Å²) in [5.74, 6) is 1.10. The molecule has 4 aromatic rings. The van der Waals surface area contributed by atoms with Crippen LogP contribution in [0.15, 0.2) is 47.4 Å². The Labute approximate surface area is 206 Å². The molecule has 184 valence electrons. The van der Waals surface area contributed by atoms with E-state index >= 15 is 0 Å². The lowest BCUT2D eigenvalue weighted by Gasteiger charge is -2.10. The van der Waals surface area contributed by atoms with Gasteiger partial charge in [-0.3, -0.25) is 14.1 Å². The highest BCUT2D eigenvalue weighted by molar-refractivity contribution is 5.79. The topological polar surface area (TPSA) is 94.3 Å². The maximum Gasteiger partial charge on any atom is 0.328 e. The van der Waals surface area contributed by atoms with E-state index in [2.05, 4.69) is 48.3 Å². The highest BCUT2D eigenvalue weighted by Gasteiger charge is 2.18. The van der Waals surface area contributed by atoms with Gasteiger partial charge < -0.3 is 0 Å². The van der Waals surface area contributed by atoms with Crippen LogP contribution in [0.4, 0.5) is 0 Å². The predicted molar refractivity (Wildman–Crippen MR) is 138 cm³/mol. The minimum atomic E-state index is 0.0722. The number of rotatable bonds is 11. The molecule has 3 heterocycles. The van der Waals surface area contributed by atoms with Crippen LogP contribution in [0.1, 0.15) is 63.5 Å². The maximum atomic E-state index is 13.4. The van der Waals surface area contributed by atoms with Gasteiger partial charge in [0.1, 0.15) is 0 Å².